The Morgan fingerprint density at radius 2 is 1.94 bits per heavy atom. The Balaban J connectivity index is 0.00000120. The van der Waals surface area contributed by atoms with E-state index in [1.807, 2.05) is 24.3 Å². The molecule has 0 unspecified atom stereocenters. The third-order valence-corrected chi connectivity index (χ3v) is 5.63. The van der Waals surface area contributed by atoms with Crippen molar-refractivity contribution >= 4 is 28.1 Å². The topological polar surface area (TPSA) is 49.4 Å². The Bertz CT molecular complexity index is 529. The van der Waals surface area contributed by atoms with E-state index in [1.165, 1.54) is 0 Å². The molecule has 1 aliphatic heterocycles. The molecular formula is C12H17ClN2O2S. The van der Waals surface area contributed by atoms with Gasteiger partial charge in [-0.2, -0.15) is 0 Å². The number of nitrogens with zero attached hydrogens (tertiary/aromatic N) is 1. The summed E-state index contributed by atoms with van der Waals surface area (Å²) in [5.74, 6) is 0. The molecule has 4 nitrogen and oxygen atoms in total. The van der Waals surface area contributed by atoms with Gasteiger partial charge < -0.3 is 5.32 Å². The first kappa shape index (κ1) is 13.6. The molecule has 1 aromatic carbocycles. The zero-order valence-corrected chi connectivity index (χ0v) is 11.6. The first-order chi connectivity index (χ1) is 8.19. The normalized spacial score (nSPS) is 19.7. The van der Waals surface area contributed by atoms with Crippen molar-refractivity contribution in [1.82, 2.24) is 5.32 Å². The zero-order valence-electron chi connectivity index (χ0n) is 10.0. The van der Waals surface area contributed by atoms with Crippen molar-refractivity contribution in [2.75, 3.05) is 17.4 Å². The van der Waals surface area contributed by atoms with Crippen LogP contribution in [0.1, 0.15) is 18.4 Å². The van der Waals surface area contributed by atoms with Gasteiger partial charge in [-0.25, -0.2) is 8.42 Å². The van der Waals surface area contributed by atoms with Crippen LogP contribution in [0.5, 0.6) is 0 Å². The van der Waals surface area contributed by atoms with Gasteiger partial charge in [0, 0.05) is 19.6 Å². The number of hydrogen-bond donors (Lipinski definition) is 1. The van der Waals surface area contributed by atoms with Crippen LogP contribution in [-0.2, 0) is 16.6 Å². The molecule has 0 radical (unpaired) electrons. The number of nitrogens with one attached hydrogen (secondary N) is 1. The maximum absolute atomic E-state index is 12.4. The average molecular weight is 289 g/mol. The van der Waals surface area contributed by atoms with Crippen LogP contribution in [0.3, 0.4) is 0 Å². The molecule has 1 fully saturated rings. The van der Waals surface area contributed by atoms with Crippen molar-refractivity contribution in [2.45, 2.75) is 24.6 Å². The fourth-order valence-corrected chi connectivity index (χ4v) is 4.13. The van der Waals surface area contributed by atoms with E-state index in [4.69, 9.17) is 0 Å². The largest absolute Gasteiger partial charge is 0.311 e. The number of rotatable bonds is 2. The van der Waals surface area contributed by atoms with Crippen molar-refractivity contribution < 1.29 is 8.42 Å². The summed E-state index contributed by atoms with van der Waals surface area (Å²) in [6, 6.07) is 7.75. The molecule has 1 saturated carbocycles. The monoisotopic (exact) mass is 288 g/mol. The minimum Gasteiger partial charge on any atom is -0.311 e. The summed E-state index contributed by atoms with van der Waals surface area (Å²) in [4.78, 5) is 0. The van der Waals surface area contributed by atoms with Gasteiger partial charge in [0.05, 0.1) is 10.9 Å². The molecule has 0 bridgehead atoms. The van der Waals surface area contributed by atoms with Gasteiger partial charge in [0.1, 0.15) is 0 Å². The Morgan fingerprint density at radius 3 is 2.67 bits per heavy atom. The van der Waals surface area contributed by atoms with E-state index in [9.17, 15) is 8.42 Å². The third kappa shape index (κ3) is 2.35. The van der Waals surface area contributed by atoms with Gasteiger partial charge in [0.2, 0.25) is 10.0 Å². The first-order valence-electron chi connectivity index (χ1n) is 6.00. The quantitative estimate of drug-likeness (QED) is 0.897. The summed E-state index contributed by atoms with van der Waals surface area (Å²) < 4.78 is 26.3. The number of fused-ring (bicyclic) bond motifs is 1. The fourth-order valence-electron chi connectivity index (χ4n) is 2.24. The molecule has 1 heterocycles. The summed E-state index contributed by atoms with van der Waals surface area (Å²) in [5.41, 5.74) is 1.92. The van der Waals surface area contributed by atoms with Gasteiger partial charge in [0.25, 0.3) is 0 Å². The molecule has 0 saturated heterocycles. The molecule has 1 N–H and O–H groups in total. The Kier molecular flexibility index (Phi) is 3.84. The lowest BCUT2D eigenvalue weighted by Gasteiger charge is -2.24. The molecule has 18 heavy (non-hydrogen) atoms. The van der Waals surface area contributed by atoms with E-state index in [-0.39, 0.29) is 17.7 Å². The van der Waals surface area contributed by atoms with Crippen molar-refractivity contribution in [2.24, 2.45) is 0 Å². The summed E-state index contributed by atoms with van der Waals surface area (Å²) in [6.07, 6.45) is 1.63. The van der Waals surface area contributed by atoms with E-state index in [1.54, 1.807) is 4.31 Å². The van der Waals surface area contributed by atoms with Crippen LogP contribution < -0.4 is 9.62 Å². The van der Waals surface area contributed by atoms with Gasteiger partial charge in [-0.05, 0) is 24.5 Å². The maximum atomic E-state index is 12.4. The van der Waals surface area contributed by atoms with Gasteiger partial charge in [-0.15, -0.1) is 12.4 Å². The number of sulfonamides is 1. The number of anilines is 1. The molecule has 100 valence electrons. The van der Waals surface area contributed by atoms with Gasteiger partial charge in [-0.1, -0.05) is 18.2 Å². The second kappa shape index (κ2) is 5.07. The lowest BCUT2D eigenvalue weighted by Crippen LogP contribution is -2.37. The highest BCUT2D eigenvalue weighted by atomic mass is 35.5. The predicted octanol–water partition coefficient (Wildman–Crippen LogP) is 1.51. The van der Waals surface area contributed by atoms with Crippen molar-refractivity contribution in [3.63, 3.8) is 0 Å². The highest BCUT2D eigenvalue weighted by molar-refractivity contribution is 7.93. The summed E-state index contributed by atoms with van der Waals surface area (Å²) in [7, 11) is -3.13. The fraction of sp³-hybridized carbons (Fsp3) is 0.500. The van der Waals surface area contributed by atoms with E-state index in [0.717, 1.165) is 30.6 Å². The average Bonchev–Trinajstić information content (AvgIpc) is 3.15. The molecule has 0 aromatic heterocycles. The highest BCUT2D eigenvalue weighted by Crippen LogP contribution is 2.35. The number of halogens is 1. The van der Waals surface area contributed by atoms with Crippen LogP contribution in [0, 0.1) is 0 Å². The highest BCUT2D eigenvalue weighted by Gasteiger charge is 2.40. The second-order valence-corrected chi connectivity index (χ2v) is 6.76. The molecular weight excluding hydrogens is 272 g/mol. The number of hydrogen-bond acceptors (Lipinski definition) is 3. The Morgan fingerprint density at radius 1 is 1.22 bits per heavy atom. The van der Waals surface area contributed by atoms with Crippen LogP contribution in [0.15, 0.2) is 24.3 Å². The van der Waals surface area contributed by atoms with Crippen LogP contribution in [-0.4, -0.2) is 26.8 Å². The van der Waals surface area contributed by atoms with Crippen LogP contribution in [0.4, 0.5) is 5.69 Å². The minimum atomic E-state index is -3.13. The van der Waals surface area contributed by atoms with Crippen molar-refractivity contribution in [3.05, 3.63) is 29.8 Å². The Labute approximate surface area is 114 Å². The molecule has 0 atom stereocenters. The van der Waals surface area contributed by atoms with Gasteiger partial charge in [-0.3, -0.25) is 4.31 Å². The van der Waals surface area contributed by atoms with Crippen LogP contribution in [0.25, 0.3) is 0 Å². The Hall–Kier alpha value is -0.780. The van der Waals surface area contributed by atoms with Gasteiger partial charge >= 0.3 is 0 Å². The SMILES string of the molecule is Cl.O=S(=O)(C1CC1)N1CCNCc2ccccc21. The van der Waals surface area contributed by atoms with E-state index < -0.39 is 10.0 Å². The molecule has 6 heteroatoms. The van der Waals surface area contributed by atoms with E-state index in [0.29, 0.717) is 13.1 Å². The molecule has 0 spiro atoms. The molecule has 1 aliphatic carbocycles. The summed E-state index contributed by atoms with van der Waals surface area (Å²) >= 11 is 0. The standard InChI is InChI=1S/C12H16N2O2S.ClH/c15-17(16,11-5-6-11)14-8-7-13-9-10-3-1-2-4-12(10)14;/h1-4,11,13H,5-9H2;1H. The van der Waals surface area contributed by atoms with E-state index in [2.05, 4.69) is 5.32 Å². The summed E-state index contributed by atoms with van der Waals surface area (Å²) in [5, 5.41) is 3.11. The maximum Gasteiger partial charge on any atom is 0.238 e. The number of para-hydroxylation sites is 1. The molecule has 0 amide bonds. The predicted molar refractivity (Wildman–Crippen MR) is 74.7 cm³/mol. The molecule has 3 rings (SSSR count). The minimum absolute atomic E-state index is 0. The number of benzene rings is 1. The summed E-state index contributed by atoms with van der Waals surface area (Å²) in [6.45, 7) is 1.99. The second-order valence-electron chi connectivity index (χ2n) is 4.62. The van der Waals surface area contributed by atoms with Gasteiger partial charge in [0.15, 0.2) is 0 Å². The lowest BCUT2D eigenvalue weighted by atomic mass is 10.2. The molecule has 1 aromatic rings. The van der Waals surface area contributed by atoms with E-state index >= 15 is 0 Å². The smallest absolute Gasteiger partial charge is 0.238 e. The van der Waals surface area contributed by atoms with Crippen molar-refractivity contribution in [1.29, 1.82) is 0 Å². The third-order valence-electron chi connectivity index (χ3n) is 3.32. The zero-order chi connectivity index (χ0) is 11.9. The first-order valence-corrected chi connectivity index (χ1v) is 7.50. The van der Waals surface area contributed by atoms with Crippen molar-refractivity contribution in [3.8, 4) is 0 Å². The molecule has 2 aliphatic rings. The lowest BCUT2D eigenvalue weighted by molar-refractivity contribution is 0.588. The van der Waals surface area contributed by atoms with Crippen LogP contribution in [0.2, 0.25) is 0 Å². The van der Waals surface area contributed by atoms with Crippen LogP contribution >= 0.6 is 12.4 Å².